The van der Waals surface area contributed by atoms with Crippen molar-refractivity contribution in [3.8, 4) is 5.75 Å². The van der Waals surface area contributed by atoms with Gasteiger partial charge in [0.2, 0.25) is 0 Å². The maximum atomic E-state index is 11.3. The van der Waals surface area contributed by atoms with Gasteiger partial charge in [-0.1, -0.05) is 6.07 Å². The van der Waals surface area contributed by atoms with Gasteiger partial charge in [-0.25, -0.2) is 0 Å². The molecule has 0 radical (unpaired) electrons. The molecule has 0 saturated carbocycles. The van der Waals surface area contributed by atoms with Crippen LogP contribution in [0.3, 0.4) is 0 Å². The third kappa shape index (κ3) is 1.95. The van der Waals surface area contributed by atoms with Crippen LogP contribution in [-0.2, 0) is 10.4 Å². The molecule has 18 heavy (non-hydrogen) atoms. The average Bonchev–Trinajstić information content (AvgIpc) is 2.38. The fourth-order valence-electron chi connectivity index (χ4n) is 2.51. The maximum absolute atomic E-state index is 11.3. The molecule has 1 aromatic rings. The maximum Gasteiger partial charge on any atom is 0.262 e. The third-order valence-electron chi connectivity index (χ3n) is 3.51. The van der Waals surface area contributed by atoms with E-state index in [4.69, 9.17) is 4.74 Å². The van der Waals surface area contributed by atoms with Crippen molar-refractivity contribution >= 4 is 11.6 Å². The topological polar surface area (TPSA) is 70.6 Å². The number of anilines is 1. The van der Waals surface area contributed by atoms with Crippen molar-refractivity contribution in [1.82, 2.24) is 5.32 Å². The number of carbonyl (C=O) groups is 1. The van der Waals surface area contributed by atoms with Gasteiger partial charge in [-0.2, -0.15) is 0 Å². The fraction of sp³-hybridized carbons (Fsp3) is 0.462. The number of rotatable bonds is 1. The summed E-state index contributed by atoms with van der Waals surface area (Å²) in [5, 5.41) is 16.5. The molecule has 96 valence electrons. The Morgan fingerprint density at radius 3 is 3.06 bits per heavy atom. The molecule has 2 heterocycles. The highest BCUT2D eigenvalue weighted by molar-refractivity contribution is 5.95. The largest absolute Gasteiger partial charge is 0.482 e. The van der Waals surface area contributed by atoms with Crippen LogP contribution in [0.4, 0.5) is 5.69 Å². The van der Waals surface area contributed by atoms with Gasteiger partial charge in [0.1, 0.15) is 11.4 Å². The van der Waals surface area contributed by atoms with Crippen LogP contribution in [0.5, 0.6) is 5.75 Å². The third-order valence-corrected chi connectivity index (χ3v) is 3.51. The molecule has 3 N–H and O–H groups in total. The van der Waals surface area contributed by atoms with E-state index in [1.54, 1.807) is 12.1 Å². The van der Waals surface area contributed by atoms with Gasteiger partial charge in [0.05, 0.1) is 5.69 Å². The lowest BCUT2D eigenvalue weighted by molar-refractivity contribution is -0.118. The Balaban J connectivity index is 1.93. The molecule has 1 saturated heterocycles. The summed E-state index contributed by atoms with van der Waals surface area (Å²) in [7, 11) is 0. The molecule has 1 atom stereocenters. The van der Waals surface area contributed by atoms with Gasteiger partial charge in [0.25, 0.3) is 5.91 Å². The minimum atomic E-state index is -0.852. The summed E-state index contributed by atoms with van der Waals surface area (Å²) in [4.78, 5) is 11.3. The van der Waals surface area contributed by atoms with E-state index >= 15 is 0 Å². The number of hydrogen-bond donors (Lipinski definition) is 3. The van der Waals surface area contributed by atoms with Gasteiger partial charge < -0.3 is 20.5 Å². The summed E-state index contributed by atoms with van der Waals surface area (Å²) in [5.74, 6) is 0.499. The van der Waals surface area contributed by atoms with Gasteiger partial charge in [0.15, 0.2) is 6.61 Å². The van der Waals surface area contributed by atoms with Gasteiger partial charge in [-0.05, 0) is 37.1 Å². The van der Waals surface area contributed by atoms with Crippen LogP contribution in [0, 0.1) is 0 Å². The quantitative estimate of drug-likeness (QED) is 0.680. The minimum Gasteiger partial charge on any atom is -0.482 e. The molecule has 1 fully saturated rings. The molecule has 2 aliphatic heterocycles. The zero-order chi connectivity index (χ0) is 12.6. The molecule has 0 bridgehead atoms. The Hall–Kier alpha value is -1.59. The number of ether oxygens (including phenoxy) is 1. The van der Waals surface area contributed by atoms with E-state index in [-0.39, 0.29) is 12.5 Å². The number of piperidine rings is 1. The van der Waals surface area contributed by atoms with Crippen LogP contribution in [-0.4, -0.2) is 30.7 Å². The Morgan fingerprint density at radius 2 is 2.28 bits per heavy atom. The number of fused-ring (bicyclic) bond motifs is 1. The summed E-state index contributed by atoms with van der Waals surface area (Å²) in [6, 6.07) is 5.47. The fourth-order valence-corrected chi connectivity index (χ4v) is 2.51. The summed E-state index contributed by atoms with van der Waals surface area (Å²) >= 11 is 0. The van der Waals surface area contributed by atoms with E-state index in [1.807, 2.05) is 6.07 Å². The summed E-state index contributed by atoms with van der Waals surface area (Å²) in [6.07, 6.45) is 1.67. The molecule has 2 aliphatic rings. The highest BCUT2D eigenvalue weighted by atomic mass is 16.5. The minimum absolute atomic E-state index is 0.0537. The number of benzene rings is 1. The molecular formula is C13H16N2O3. The molecule has 0 aliphatic carbocycles. The van der Waals surface area contributed by atoms with Crippen molar-refractivity contribution in [2.45, 2.75) is 18.4 Å². The number of hydrogen-bond acceptors (Lipinski definition) is 4. The lowest BCUT2D eigenvalue weighted by Crippen LogP contribution is -2.43. The van der Waals surface area contributed by atoms with Gasteiger partial charge in [0, 0.05) is 6.54 Å². The summed E-state index contributed by atoms with van der Waals surface area (Å²) < 4.78 is 5.30. The average molecular weight is 248 g/mol. The molecule has 0 spiro atoms. The molecule has 1 unspecified atom stereocenters. The van der Waals surface area contributed by atoms with Crippen LogP contribution in [0.25, 0.3) is 0 Å². The lowest BCUT2D eigenvalue weighted by atomic mass is 9.86. The molecule has 5 heteroatoms. The van der Waals surface area contributed by atoms with Crippen molar-refractivity contribution in [2.75, 3.05) is 25.0 Å². The summed E-state index contributed by atoms with van der Waals surface area (Å²) in [5.41, 5.74) is 0.608. The Labute approximate surface area is 105 Å². The zero-order valence-corrected chi connectivity index (χ0v) is 10.0. The van der Waals surface area contributed by atoms with Crippen molar-refractivity contribution in [3.63, 3.8) is 0 Å². The standard InChI is InChI=1S/C13H16N2O3/c16-12-7-18-11-3-2-9(6-10(11)15-12)13(17)4-1-5-14-8-13/h2-3,6,14,17H,1,4-5,7-8H2,(H,15,16). The van der Waals surface area contributed by atoms with Gasteiger partial charge in [-0.3, -0.25) is 4.79 Å². The second kappa shape index (κ2) is 4.26. The molecule has 3 rings (SSSR count). The van der Waals surface area contributed by atoms with Gasteiger partial charge in [-0.15, -0.1) is 0 Å². The van der Waals surface area contributed by atoms with Crippen molar-refractivity contribution in [3.05, 3.63) is 23.8 Å². The SMILES string of the molecule is O=C1COc2ccc(C3(O)CCCNC3)cc2N1. The van der Waals surface area contributed by atoms with E-state index in [9.17, 15) is 9.90 Å². The monoisotopic (exact) mass is 248 g/mol. The van der Waals surface area contributed by atoms with E-state index in [2.05, 4.69) is 10.6 Å². The lowest BCUT2D eigenvalue weighted by Gasteiger charge is -2.33. The number of carbonyl (C=O) groups excluding carboxylic acids is 1. The van der Waals surface area contributed by atoms with Crippen molar-refractivity contribution < 1.29 is 14.6 Å². The summed E-state index contributed by atoms with van der Waals surface area (Å²) in [6.45, 7) is 1.53. The predicted molar refractivity (Wildman–Crippen MR) is 66.6 cm³/mol. The normalized spacial score (nSPS) is 27.1. The van der Waals surface area contributed by atoms with Crippen molar-refractivity contribution in [1.29, 1.82) is 0 Å². The Morgan fingerprint density at radius 1 is 1.39 bits per heavy atom. The Kier molecular flexibility index (Phi) is 2.72. The number of amides is 1. The molecule has 1 amide bonds. The van der Waals surface area contributed by atoms with E-state index in [1.165, 1.54) is 0 Å². The second-order valence-corrected chi connectivity index (χ2v) is 4.86. The second-order valence-electron chi connectivity index (χ2n) is 4.86. The van der Waals surface area contributed by atoms with Crippen LogP contribution in [0.2, 0.25) is 0 Å². The Bertz CT molecular complexity index is 481. The number of nitrogens with one attached hydrogen (secondary N) is 2. The zero-order valence-electron chi connectivity index (χ0n) is 10.0. The van der Waals surface area contributed by atoms with E-state index < -0.39 is 5.60 Å². The first kappa shape index (κ1) is 11.5. The van der Waals surface area contributed by atoms with E-state index in [0.29, 0.717) is 18.0 Å². The number of β-amino-alcohol motifs (C(OH)–C–C–N with tert-alkyl or cyclic N) is 1. The smallest absolute Gasteiger partial charge is 0.262 e. The van der Waals surface area contributed by atoms with Crippen molar-refractivity contribution in [2.24, 2.45) is 0 Å². The molecule has 0 aromatic heterocycles. The first-order valence-electron chi connectivity index (χ1n) is 6.18. The first-order valence-corrected chi connectivity index (χ1v) is 6.18. The highest BCUT2D eigenvalue weighted by Gasteiger charge is 2.32. The first-order chi connectivity index (χ1) is 8.67. The molecule has 5 nitrogen and oxygen atoms in total. The van der Waals surface area contributed by atoms with Crippen LogP contribution in [0.1, 0.15) is 18.4 Å². The predicted octanol–water partition coefficient (Wildman–Crippen LogP) is 0.588. The highest BCUT2D eigenvalue weighted by Crippen LogP contribution is 2.35. The molecule has 1 aromatic carbocycles. The van der Waals surface area contributed by atoms with Crippen LogP contribution >= 0.6 is 0 Å². The number of aliphatic hydroxyl groups is 1. The van der Waals surface area contributed by atoms with Crippen LogP contribution in [0.15, 0.2) is 18.2 Å². The van der Waals surface area contributed by atoms with Gasteiger partial charge >= 0.3 is 0 Å². The van der Waals surface area contributed by atoms with Crippen LogP contribution < -0.4 is 15.4 Å². The van der Waals surface area contributed by atoms with E-state index in [0.717, 1.165) is 24.9 Å². The molecular weight excluding hydrogens is 232 g/mol.